The first-order chi connectivity index (χ1) is 5.27. The first-order valence-corrected chi connectivity index (χ1v) is 5.03. The predicted molar refractivity (Wildman–Crippen MR) is 39.9 cm³/mol. The minimum atomic E-state index is -0.787. The van der Waals surface area contributed by atoms with E-state index in [1.54, 1.807) is 0 Å². The second-order valence-electron chi connectivity index (χ2n) is 2.36. The Labute approximate surface area is 69.0 Å². The SMILES string of the molecule is O=C(O)C1Cc2[se]cnc2N1. The summed E-state index contributed by atoms with van der Waals surface area (Å²) in [7, 11) is 0. The Hall–Kier alpha value is -0.801. The van der Waals surface area contributed by atoms with Crippen molar-refractivity contribution in [2.75, 3.05) is 5.32 Å². The molecule has 0 bridgehead atoms. The van der Waals surface area contributed by atoms with Crippen molar-refractivity contribution in [3.05, 3.63) is 9.51 Å². The first kappa shape index (κ1) is 6.88. The third-order valence-electron chi connectivity index (χ3n) is 1.64. The number of nitrogens with zero attached hydrogens (tertiary/aromatic N) is 1. The molecule has 0 aliphatic carbocycles. The average Bonchev–Trinajstić information content (AvgIpc) is 2.40. The molecule has 1 aromatic rings. The van der Waals surface area contributed by atoms with Crippen molar-refractivity contribution in [1.82, 2.24) is 4.98 Å². The zero-order valence-electron chi connectivity index (χ0n) is 5.57. The van der Waals surface area contributed by atoms with Crippen LogP contribution in [-0.4, -0.2) is 36.6 Å². The number of nitrogens with one attached hydrogen (secondary N) is 1. The van der Waals surface area contributed by atoms with Gasteiger partial charge in [0.2, 0.25) is 0 Å². The molecular formula is C6H6N2O2Se. The average molecular weight is 217 g/mol. The molecule has 11 heavy (non-hydrogen) atoms. The molecule has 1 aliphatic rings. The van der Waals surface area contributed by atoms with E-state index in [0.29, 0.717) is 20.9 Å². The van der Waals surface area contributed by atoms with E-state index in [0.717, 1.165) is 5.82 Å². The van der Waals surface area contributed by atoms with Gasteiger partial charge in [0.05, 0.1) is 0 Å². The number of rotatable bonds is 1. The van der Waals surface area contributed by atoms with Crippen LogP contribution in [0, 0.1) is 0 Å². The zero-order valence-corrected chi connectivity index (χ0v) is 7.29. The summed E-state index contributed by atoms with van der Waals surface area (Å²) < 4.78 is 1.19. The van der Waals surface area contributed by atoms with E-state index in [4.69, 9.17) is 5.11 Å². The molecule has 1 aromatic heterocycles. The predicted octanol–water partition coefficient (Wildman–Crippen LogP) is -0.440. The molecule has 4 nitrogen and oxygen atoms in total. The van der Waals surface area contributed by atoms with Crippen LogP contribution in [0.25, 0.3) is 0 Å². The Kier molecular flexibility index (Phi) is 1.47. The van der Waals surface area contributed by atoms with Gasteiger partial charge in [0.15, 0.2) is 0 Å². The fourth-order valence-corrected chi connectivity index (χ4v) is 2.70. The van der Waals surface area contributed by atoms with E-state index in [-0.39, 0.29) is 0 Å². The Bertz CT molecular complexity index is 276. The van der Waals surface area contributed by atoms with Crippen LogP contribution in [-0.2, 0) is 11.2 Å². The zero-order chi connectivity index (χ0) is 7.84. The van der Waals surface area contributed by atoms with Gasteiger partial charge < -0.3 is 0 Å². The number of aromatic nitrogens is 1. The van der Waals surface area contributed by atoms with Crippen LogP contribution in [0.15, 0.2) is 5.07 Å². The van der Waals surface area contributed by atoms with Crippen LogP contribution in [0.3, 0.4) is 0 Å². The minimum absolute atomic E-state index is 0.298. The van der Waals surface area contributed by atoms with Crippen molar-refractivity contribution in [3.8, 4) is 0 Å². The molecule has 0 amide bonds. The van der Waals surface area contributed by atoms with Crippen LogP contribution < -0.4 is 5.32 Å². The fourth-order valence-electron chi connectivity index (χ4n) is 1.08. The Morgan fingerprint density at radius 2 is 2.73 bits per heavy atom. The van der Waals surface area contributed by atoms with E-state index in [2.05, 4.69) is 10.3 Å². The van der Waals surface area contributed by atoms with Crippen molar-refractivity contribution in [2.24, 2.45) is 0 Å². The van der Waals surface area contributed by atoms with Gasteiger partial charge in [-0.2, -0.15) is 0 Å². The van der Waals surface area contributed by atoms with E-state index in [1.165, 1.54) is 4.44 Å². The molecule has 0 aromatic carbocycles. The van der Waals surface area contributed by atoms with Crippen LogP contribution in [0.1, 0.15) is 4.44 Å². The topological polar surface area (TPSA) is 62.2 Å². The van der Waals surface area contributed by atoms with Gasteiger partial charge >= 0.3 is 68.5 Å². The Morgan fingerprint density at radius 1 is 1.91 bits per heavy atom. The molecular weight excluding hydrogens is 211 g/mol. The molecule has 2 N–H and O–H groups in total. The van der Waals surface area contributed by atoms with Crippen LogP contribution >= 0.6 is 0 Å². The van der Waals surface area contributed by atoms with E-state index in [9.17, 15) is 4.79 Å². The number of hydrogen-bond acceptors (Lipinski definition) is 3. The maximum absolute atomic E-state index is 10.5. The Balaban J connectivity index is 2.22. The van der Waals surface area contributed by atoms with E-state index < -0.39 is 12.0 Å². The van der Waals surface area contributed by atoms with Gasteiger partial charge in [-0.15, -0.1) is 0 Å². The number of carboxylic acid groups (broad SMARTS) is 1. The molecule has 0 saturated carbocycles. The molecule has 0 spiro atoms. The summed E-state index contributed by atoms with van der Waals surface area (Å²) in [6.45, 7) is 0. The second kappa shape index (κ2) is 2.36. The van der Waals surface area contributed by atoms with Gasteiger partial charge in [0.1, 0.15) is 0 Å². The summed E-state index contributed by atoms with van der Waals surface area (Å²) in [6, 6.07) is -0.431. The number of fused-ring (bicyclic) bond motifs is 1. The van der Waals surface area contributed by atoms with Crippen molar-refractivity contribution in [1.29, 1.82) is 0 Å². The molecule has 0 radical (unpaired) electrons. The number of carboxylic acids is 1. The van der Waals surface area contributed by atoms with Crippen molar-refractivity contribution >= 4 is 26.3 Å². The monoisotopic (exact) mass is 218 g/mol. The molecule has 2 heterocycles. The molecule has 2 rings (SSSR count). The third kappa shape index (κ3) is 1.06. The molecule has 58 valence electrons. The molecule has 1 unspecified atom stereocenters. The molecule has 1 atom stereocenters. The molecule has 0 fully saturated rings. The van der Waals surface area contributed by atoms with E-state index in [1.807, 2.05) is 5.07 Å². The van der Waals surface area contributed by atoms with Crippen molar-refractivity contribution < 1.29 is 9.90 Å². The molecule has 0 saturated heterocycles. The summed E-state index contributed by atoms with van der Waals surface area (Å²) in [4.78, 5) is 14.5. The standard InChI is InChI=1S/C6H6N2O2Se/c9-6(10)3-1-4-5(8-3)7-2-11-4/h2-3,8H,1H2,(H,9,10). The number of anilines is 1. The van der Waals surface area contributed by atoms with Crippen molar-refractivity contribution in [3.63, 3.8) is 0 Å². The number of carbonyl (C=O) groups is 1. The van der Waals surface area contributed by atoms with Gasteiger partial charge in [0, 0.05) is 0 Å². The number of hydrogen-bond donors (Lipinski definition) is 2. The van der Waals surface area contributed by atoms with Gasteiger partial charge in [0.25, 0.3) is 0 Å². The van der Waals surface area contributed by atoms with Crippen molar-refractivity contribution in [2.45, 2.75) is 12.5 Å². The van der Waals surface area contributed by atoms with E-state index >= 15 is 0 Å². The summed E-state index contributed by atoms with van der Waals surface area (Å²) in [5.41, 5.74) is 0. The third-order valence-corrected chi connectivity index (χ3v) is 3.43. The molecule has 5 heteroatoms. The fraction of sp³-hybridized carbons (Fsp3) is 0.333. The van der Waals surface area contributed by atoms with Crippen LogP contribution in [0.5, 0.6) is 0 Å². The maximum atomic E-state index is 10.5. The van der Waals surface area contributed by atoms with Gasteiger partial charge in [-0.3, -0.25) is 0 Å². The normalized spacial score (nSPS) is 20.9. The Morgan fingerprint density at radius 3 is 3.36 bits per heavy atom. The second-order valence-corrected chi connectivity index (χ2v) is 4.33. The summed E-state index contributed by atoms with van der Waals surface area (Å²) >= 11 is 0.298. The summed E-state index contributed by atoms with van der Waals surface area (Å²) in [6.07, 6.45) is 0.630. The first-order valence-electron chi connectivity index (χ1n) is 3.19. The van der Waals surface area contributed by atoms with Crippen LogP contribution in [0.2, 0.25) is 0 Å². The van der Waals surface area contributed by atoms with Gasteiger partial charge in [-0.05, 0) is 0 Å². The van der Waals surface area contributed by atoms with Crippen LogP contribution in [0.4, 0.5) is 5.82 Å². The molecule has 1 aliphatic heterocycles. The summed E-state index contributed by atoms with van der Waals surface area (Å²) in [5.74, 6) is 0.0165. The summed E-state index contributed by atoms with van der Waals surface area (Å²) in [5, 5.41) is 13.3. The number of aliphatic carboxylic acids is 1. The van der Waals surface area contributed by atoms with Gasteiger partial charge in [-0.1, -0.05) is 0 Å². The quantitative estimate of drug-likeness (QED) is 0.626. The van der Waals surface area contributed by atoms with Gasteiger partial charge in [-0.25, -0.2) is 0 Å².